The van der Waals surface area contributed by atoms with E-state index >= 15 is 0 Å². The summed E-state index contributed by atoms with van der Waals surface area (Å²) in [5.74, 6) is 0.442. The first-order valence-electron chi connectivity index (χ1n) is 10.4. The van der Waals surface area contributed by atoms with E-state index in [0.29, 0.717) is 12.5 Å². The van der Waals surface area contributed by atoms with Gasteiger partial charge in [0.05, 0.1) is 19.3 Å². The van der Waals surface area contributed by atoms with E-state index in [0.717, 1.165) is 65.2 Å². The van der Waals surface area contributed by atoms with Gasteiger partial charge in [-0.3, -0.25) is 14.5 Å². The van der Waals surface area contributed by atoms with E-state index in [9.17, 15) is 9.59 Å². The van der Waals surface area contributed by atoms with Gasteiger partial charge < -0.3 is 14.5 Å². The monoisotopic (exact) mass is 365 g/mol. The van der Waals surface area contributed by atoms with Gasteiger partial charge in [0.15, 0.2) is 0 Å². The maximum absolute atomic E-state index is 13.1. The molecule has 3 aliphatic rings. The van der Waals surface area contributed by atoms with Gasteiger partial charge in [0.2, 0.25) is 11.8 Å². The highest BCUT2D eigenvalue weighted by atomic mass is 16.5. The number of amides is 2. The van der Waals surface area contributed by atoms with Gasteiger partial charge in [-0.15, -0.1) is 0 Å². The maximum atomic E-state index is 13.1. The van der Waals surface area contributed by atoms with Crippen LogP contribution < -0.4 is 0 Å². The maximum Gasteiger partial charge on any atom is 0.228 e. The van der Waals surface area contributed by atoms with E-state index in [1.54, 1.807) is 6.92 Å². The molecule has 1 saturated carbocycles. The molecule has 2 aliphatic heterocycles. The summed E-state index contributed by atoms with van der Waals surface area (Å²) in [4.78, 5) is 31.7. The first kappa shape index (κ1) is 19.6. The first-order valence-corrected chi connectivity index (χ1v) is 10.4. The Hall–Kier alpha value is -1.14. The summed E-state index contributed by atoms with van der Waals surface area (Å²) in [6, 6.07) is 0.171. The van der Waals surface area contributed by atoms with Crippen LogP contribution in [0.15, 0.2) is 0 Å². The van der Waals surface area contributed by atoms with E-state index in [-0.39, 0.29) is 17.4 Å². The molecule has 26 heavy (non-hydrogen) atoms. The van der Waals surface area contributed by atoms with E-state index in [1.807, 2.05) is 9.80 Å². The molecule has 6 heteroatoms. The van der Waals surface area contributed by atoms with Crippen molar-refractivity contribution < 1.29 is 14.3 Å². The number of morpholine rings is 1. The molecule has 1 atom stereocenters. The fraction of sp³-hybridized carbons (Fsp3) is 0.900. The fourth-order valence-corrected chi connectivity index (χ4v) is 4.78. The first-order chi connectivity index (χ1) is 12.5. The zero-order chi connectivity index (χ0) is 18.6. The lowest BCUT2D eigenvalue weighted by Gasteiger charge is -2.36. The molecule has 0 aromatic heterocycles. The largest absolute Gasteiger partial charge is 0.379 e. The minimum absolute atomic E-state index is 0.126. The third kappa shape index (κ3) is 4.58. The van der Waals surface area contributed by atoms with Crippen LogP contribution in [0.4, 0.5) is 0 Å². The SMILES string of the molecule is CC(=O)N(CCN1CCOCC1)C1CCN(C(=O)C2(C)CCCCC2)C1. The lowest BCUT2D eigenvalue weighted by atomic mass is 9.75. The third-order valence-corrected chi connectivity index (χ3v) is 6.53. The molecule has 2 amide bonds. The molecule has 3 rings (SSSR count). The molecule has 1 unspecified atom stereocenters. The summed E-state index contributed by atoms with van der Waals surface area (Å²) >= 11 is 0. The number of hydrogen-bond donors (Lipinski definition) is 0. The van der Waals surface area contributed by atoms with Crippen molar-refractivity contribution in [2.24, 2.45) is 5.41 Å². The van der Waals surface area contributed by atoms with E-state index in [1.165, 1.54) is 19.3 Å². The van der Waals surface area contributed by atoms with Crippen molar-refractivity contribution in [1.29, 1.82) is 0 Å². The molecule has 2 heterocycles. The molecule has 3 fully saturated rings. The van der Waals surface area contributed by atoms with Gasteiger partial charge in [-0.2, -0.15) is 0 Å². The molecule has 0 bridgehead atoms. The summed E-state index contributed by atoms with van der Waals surface area (Å²) < 4.78 is 5.39. The Morgan fingerprint density at radius 1 is 1.12 bits per heavy atom. The fourth-order valence-electron chi connectivity index (χ4n) is 4.78. The van der Waals surface area contributed by atoms with Gasteiger partial charge >= 0.3 is 0 Å². The van der Waals surface area contributed by atoms with E-state index in [4.69, 9.17) is 4.74 Å². The highest BCUT2D eigenvalue weighted by molar-refractivity contribution is 5.83. The third-order valence-electron chi connectivity index (χ3n) is 6.53. The number of ether oxygens (including phenoxy) is 1. The molecule has 6 nitrogen and oxygen atoms in total. The predicted molar refractivity (Wildman–Crippen MR) is 101 cm³/mol. The van der Waals surface area contributed by atoms with Crippen molar-refractivity contribution in [2.45, 2.75) is 58.4 Å². The highest BCUT2D eigenvalue weighted by Gasteiger charge is 2.41. The quantitative estimate of drug-likeness (QED) is 0.745. The Morgan fingerprint density at radius 3 is 2.46 bits per heavy atom. The number of nitrogens with zero attached hydrogens (tertiary/aromatic N) is 3. The second-order valence-corrected chi connectivity index (χ2v) is 8.48. The number of likely N-dealkylation sites (tertiary alicyclic amines) is 1. The summed E-state index contributed by atoms with van der Waals surface area (Å²) in [5, 5.41) is 0. The minimum atomic E-state index is -0.179. The Balaban J connectivity index is 1.54. The second kappa shape index (κ2) is 8.70. The van der Waals surface area contributed by atoms with Gasteiger partial charge in [0.1, 0.15) is 0 Å². The van der Waals surface area contributed by atoms with Gasteiger partial charge in [0.25, 0.3) is 0 Å². The van der Waals surface area contributed by atoms with Gasteiger partial charge in [-0.25, -0.2) is 0 Å². The van der Waals surface area contributed by atoms with Crippen LogP contribution in [0.5, 0.6) is 0 Å². The Labute approximate surface area is 157 Å². The smallest absolute Gasteiger partial charge is 0.228 e. The number of carbonyl (C=O) groups is 2. The molecular formula is C20H35N3O3. The van der Waals surface area contributed by atoms with Crippen LogP contribution in [0.3, 0.4) is 0 Å². The Bertz CT molecular complexity index is 499. The van der Waals surface area contributed by atoms with Crippen molar-refractivity contribution in [3.8, 4) is 0 Å². The summed E-state index contributed by atoms with van der Waals surface area (Å²) in [6.07, 6.45) is 6.52. The lowest BCUT2D eigenvalue weighted by Crippen LogP contribution is -2.48. The normalized spacial score (nSPS) is 26.7. The predicted octanol–water partition coefficient (Wildman–Crippen LogP) is 1.74. The van der Waals surface area contributed by atoms with Crippen molar-refractivity contribution in [1.82, 2.24) is 14.7 Å². The lowest BCUT2D eigenvalue weighted by molar-refractivity contribution is -0.142. The standard InChI is InChI=1S/C20H35N3O3/c1-17(24)23(11-10-21-12-14-26-15-13-21)18-6-9-22(16-18)19(25)20(2)7-4-3-5-8-20/h18H,3-16H2,1-2H3. The van der Waals surface area contributed by atoms with Crippen LogP contribution in [-0.4, -0.2) is 85.0 Å². The number of rotatable bonds is 5. The average Bonchev–Trinajstić information content (AvgIpc) is 3.12. The average molecular weight is 366 g/mol. The Kier molecular flexibility index (Phi) is 6.56. The highest BCUT2D eigenvalue weighted by Crippen LogP contribution is 2.38. The van der Waals surface area contributed by atoms with Crippen LogP contribution in [0.2, 0.25) is 0 Å². The Morgan fingerprint density at radius 2 is 1.81 bits per heavy atom. The molecule has 0 spiro atoms. The van der Waals surface area contributed by atoms with Crippen LogP contribution in [0, 0.1) is 5.41 Å². The van der Waals surface area contributed by atoms with E-state index < -0.39 is 0 Å². The zero-order valence-corrected chi connectivity index (χ0v) is 16.5. The second-order valence-electron chi connectivity index (χ2n) is 8.48. The van der Waals surface area contributed by atoms with Crippen LogP contribution in [0.1, 0.15) is 52.4 Å². The molecular weight excluding hydrogens is 330 g/mol. The van der Waals surface area contributed by atoms with Gasteiger partial charge in [0, 0.05) is 51.6 Å². The molecule has 0 aromatic carbocycles. The summed E-state index contributed by atoms with van der Waals surface area (Å²) in [5.41, 5.74) is -0.179. The van der Waals surface area contributed by atoms with E-state index in [2.05, 4.69) is 11.8 Å². The molecule has 2 saturated heterocycles. The summed E-state index contributed by atoms with van der Waals surface area (Å²) in [7, 11) is 0. The topological polar surface area (TPSA) is 53.1 Å². The van der Waals surface area contributed by atoms with Crippen molar-refractivity contribution in [3.63, 3.8) is 0 Å². The molecule has 148 valence electrons. The van der Waals surface area contributed by atoms with Crippen molar-refractivity contribution >= 4 is 11.8 Å². The van der Waals surface area contributed by atoms with Crippen LogP contribution >= 0.6 is 0 Å². The van der Waals surface area contributed by atoms with Crippen LogP contribution in [0.25, 0.3) is 0 Å². The zero-order valence-electron chi connectivity index (χ0n) is 16.5. The number of carbonyl (C=O) groups excluding carboxylic acids is 2. The molecule has 1 aliphatic carbocycles. The number of hydrogen-bond acceptors (Lipinski definition) is 4. The molecule has 0 N–H and O–H groups in total. The van der Waals surface area contributed by atoms with Gasteiger partial charge in [-0.1, -0.05) is 26.2 Å². The van der Waals surface area contributed by atoms with Crippen molar-refractivity contribution in [2.75, 3.05) is 52.5 Å². The molecule has 0 radical (unpaired) electrons. The minimum Gasteiger partial charge on any atom is -0.379 e. The van der Waals surface area contributed by atoms with Crippen LogP contribution in [-0.2, 0) is 14.3 Å². The summed E-state index contributed by atoms with van der Waals surface area (Å²) in [6.45, 7) is 10.4. The van der Waals surface area contributed by atoms with Crippen molar-refractivity contribution in [3.05, 3.63) is 0 Å². The van der Waals surface area contributed by atoms with Gasteiger partial charge in [-0.05, 0) is 19.3 Å². The molecule has 0 aromatic rings.